The van der Waals surface area contributed by atoms with Gasteiger partial charge in [0.05, 0.1) is 12.8 Å². The SMILES string of the molecule is COc1ccc(C)cc1NS(=O)(=O)c1cc(-c2cc(C)[nH]n2)oc1C. The highest BCUT2D eigenvalue weighted by atomic mass is 32.2. The minimum Gasteiger partial charge on any atom is -0.495 e. The van der Waals surface area contributed by atoms with Gasteiger partial charge in [-0.15, -0.1) is 0 Å². The second-order valence-corrected chi connectivity index (χ2v) is 7.43. The molecule has 2 aromatic heterocycles. The molecule has 0 radical (unpaired) electrons. The number of rotatable bonds is 5. The molecule has 0 bridgehead atoms. The maximum atomic E-state index is 12.8. The third-order valence-corrected chi connectivity index (χ3v) is 5.19. The molecular weight excluding hydrogens is 342 g/mol. The van der Waals surface area contributed by atoms with Gasteiger partial charge in [0.1, 0.15) is 22.1 Å². The monoisotopic (exact) mass is 361 g/mol. The number of anilines is 1. The van der Waals surface area contributed by atoms with Gasteiger partial charge in [0.15, 0.2) is 5.76 Å². The lowest BCUT2D eigenvalue weighted by atomic mass is 10.2. The fourth-order valence-electron chi connectivity index (χ4n) is 2.50. The van der Waals surface area contributed by atoms with Crippen molar-refractivity contribution in [2.24, 2.45) is 0 Å². The normalized spacial score (nSPS) is 11.5. The molecule has 0 atom stereocenters. The van der Waals surface area contributed by atoms with Gasteiger partial charge in [-0.05, 0) is 44.5 Å². The van der Waals surface area contributed by atoms with Crippen molar-refractivity contribution in [3.63, 3.8) is 0 Å². The highest BCUT2D eigenvalue weighted by Crippen LogP contribution is 2.31. The summed E-state index contributed by atoms with van der Waals surface area (Å²) in [5.74, 6) is 1.12. The molecule has 0 saturated carbocycles. The molecule has 0 saturated heterocycles. The molecule has 2 N–H and O–H groups in total. The van der Waals surface area contributed by atoms with Crippen molar-refractivity contribution in [3.05, 3.63) is 47.3 Å². The molecule has 1 aromatic carbocycles. The van der Waals surface area contributed by atoms with Gasteiger partial charge in [0, 0.05) is 11.8 Å². The third kappa shape index (κ3) is 3.39. The summed E-state index contributed by atoms with van der Waals surface area (Å²) in [6, 6.07) is 8.52. The Bertz CT molecular complexity index is 1020. The van der Waals surface area contributed by atoms with Crippen LogP contribution in [0.5, 0.6) is 5.75 Å². The van der Waals surface area contributed by atoms with Crippen LogP contribution < -0.4 is 9.46 Å². The Kier molecular flexibility index (Phi) is 4.30. The molecule has 3 rings (SSSR count). The van der Waals surface area contributed by atoms with E-state index in [1.54, 1.807) is 25.1 Å². The van der Waals surface area contributed by atoms with Crippen LogP contribution in [-0.2, 0) is 10.0 Å². The van der Waals surface area contributed by atoms with Crippen LogP contribution in [0.2, 0.25) is 0 Å². The van der Waals surface area contributed by atoms with Crippen LogP contribution in [0, 0.1) is 20.8 Å². The number of sulfonamides is 1. The molecule has 3 aromatic rings. The minimum atomic E-state index is -3.84. The van der Waals surface area contributed by atoms with Crippen LogP contribution in [0.25, 0.3) is 11.5 Å². The number of aryl methyl sites for hydroxylation is 3. The maximum Gasteiger partial charge on any atom is 0.265 e. The Hall–Kier alpha value is -2.74. The van der Waals surface area contributed by atoms with E-state index in [0.29, 0.717) is 22.9 Å². The van der Waals surface area contributed by atoms with E-state index < -0.39 is 10.0 Å². The molecule has 7 nitrogen and oxygen atoms in total. The smallest absolute Gasteiger partial charge is 0.265 e. The summed E-state index contributed by atoms with van der Waals surface area (Å²) in [5, 5.41) is 6.90. The van der Waals surface area contributed by atoms with Crippen molar-refractivity contribution in [1.82, 2.24) is 10.2 Å². The molecule has 25 heavy (non-hydrogen) atoms. The second kappa shape index (κ2) is 6.29. The number of furan rings is 1. The van der Waals surface area contributed by atoms with Gasteiger partial charge < -0.3 is 9.15 Å². The highest BCUT2D eigenvalue weighted by molar-refractivity contribution is 7.92. The van der Waals surface area contributed by atoms with E-state index in [0.717, 1.165) is 11.3 Å². The molecule has 0 amide bonds. The van der Waals surface area contributed by atoms with Crippen LogP contribution in [-0.4, -0.2) is 25.7 Å². The number of methoxy groups -OCH3 is 1. The van der Waals surface area contributed by atoms with E-state index in [9.17, 15) is 8.42 Å². The van der Waals surface area contributed by atoms with Crippen molar-refractivity contribution in [1.29, 1.82) is 0 Å². The van der Waals surface area contributed by atoms with Gasteiger partial charge in [-0.2, -0.15) is 5.10 Å². The first-order valence-electron chi connectivity index (χ1n) is 7.60. The molecule has 0 aliphatic heterocycles. The lowest BCUT2D eigenvalue weighted by molar-refractivity contribution is 0.417. The number of nitrogens with zero attached hydrogens (tertiary/aromatic N) is 1. The second-order valence-electron chi connectivity index (χ2n) is 5.78. The molecule has 132 valence electrons. The quantitative estimate of drug-likeness (QED) is 0.726. The number of benzene rings is 1. The van der Waals surface area contributed by atoms with Gasteiger partial charge in [-0.3, -0.25) is 9.82 Å². The molecule has 0 spiro atoms. The standard InChI is InChI=1S/C17H19N3O4S/c1-10-5-6-15(23-4)14(7-10)20-25(21,22)17-9-16(24-12(17)3)13-8-11(2)18-19-13/h5-9,20H,1-4H3,(H,18,19). The largest absolute Gasteiger partial charge is 0.495 e. The Morgan fingerprint density at radius 3 is 2.56 bits per heavy atom. The van der Waals surface area contributed by atoms with E-state index in [1.165, 1.54) is 13.2 Å². The zero-order valence-corrected chi connectivity index (χ0v) is 15.2. The maximum absolute atomic E-state index is 12.8. The van der Waals surface area contributed by atoms with Crippen molar-refractivity contribution >= 4 is 15.7 Å². The number of hydrogen-bond donors (Lipinski definition) is 2. The molecule has 0 unspecified atom stereocenters. The van der Waals surface area contributed by atoms with Crippen molar-refractivity contribution in [3.8, 4) is 17.2 Å². The number of ether oxygens (including phenoxy) is 1. The molecule has 2 heterocycles. The number of nitrogens with one attached hydrogen (secondary N) is 2. The molecular formula is C17H19N3O4S. The fourth-order valence-corrected chi connectivity index (χ4v) is 3.75. The molecule has 0 aliphatic carbocycles. The van der Waals surface area contributed by atoms with Crippen molar-refractivity contribution < 1.29 is 17.6 Å². The summed E-state index contributed by atoms with van der Waals surface area (Å²) < 4.78 is 39.0. The van der Waals surface area contributed by atoms with Crippen LogP contribution in [0.1, 0.15) is 17.0 Å². The van der Waals surface area contributed by atoms with Gasteiger partial charge in [-0.1, -0.05) is 6.07 Å². The number of aromatic amines is 1. The average Bonchev–Trinajstić information content (AvgIpc) is 3.13. The van der Waals surface area contributed by atoms with E-state index in [-0.39, 0.29) is 10.7 Å². The van der Waals surface area contributed by atoms with Crippen molar-refractivity contribution in [2.45, 2.75) is 25.7 Å². The summed E-state index contributed by atoms with van der Waals surface area (Å²) in [7, 11) is -2.35. The third-order valence-electron chi connectivity index (χ3n) is 3.72. The summed E-state index contributed by atoms with van der Waals surface area (Å²) in [6.07, 6.45) is 0. The summed E-state index contributed by atoms with van der Waals surface area (Å²) in [6.45, 7) is 5.33. The van der Waals surface area contributed by atoms with E-state index >= 15 is 0 Å². The predicted molar refractivity (Wildman–Crippen MR) is 94.3 cm³/mol. The van der Waals surface area contributed by atoms with E-state index in [2.05, 4.69) is 14.9 Å². The summed E-state index contributed by atoms with van der Waals surface area (Å²) in [4.78, 5) is 0.0618. The van der Waals surface area contributed by atoms with Crippen LogP contribution in [0.4, 0.5) is 5.69 Å². The predicted octanol–water partition coefficient (Wildman–Crippen LogP) is 3.40. The first kappa shape index (κ1) is 17.1. The van der Waals surface area contributed by atoms with E-state index in [4.69, 9.17) is 9.15 Å². The van der Waals surface area contributed by atoms with Crippen LogP contribution in [0.3, 0.4) is 0 Å². The molecule has 0 fully saturated rings. The van der Waals surface area contributed by atoms with Crippen molar-refractivity contribution in [2.75, 3.05) is 11.8 Å². The van der Waals surface area contributed by atoms with Gasteiger partial charge >= 0.3 is 0 Å². The number of aromatic nitrogens is 2. The molecule has 8 heteroatoms. The first-order chi connectivity index (χ1) is 11.8. The topological polar surface area (TPSA) is 97.2 Å². The van der Waals surface area contributed by atoms with Gasteiger partial charge in [0.25, 0.3) is 10.0 Å². The zero-order chi connectivity index (χ0) is 18.2. The number of H-pyrrole nitrogens is 1. The number of hydrogen-bond acceptors (Lipinski definition) is 5. The Balaban J connectivity index is 1.98. The fraction of sp³-hybridized carbons (Fsp3) is 0.235. The minimum absolute atomic E-state index is 0.0618. The van der Waals surface area contributed by atoms with Gasteiger partial charge in [0.2, 0.25) is 0 Å². The molecule has 0 aliphatic rings. The van der Waals surface area contributed by atoms with Crippen LogP contribution in [0.15, 0.2) is 39.6 Å². The Labute approximate surface area is 146 Å². The van der Waals surface area contributed by atoms with E-state index in [1.807, 2.05) is 19.9 Å². The Morgan fingerprint density at radius 2 is 1.92 bits per heavy atom. The lowest BCUT2D eigenvalue weighted by Crippen LogP contribution is -2.14. The summed E-state index contributed by atoms with van der Waals surface area (Å²) >= 11 is 0. The Morgan fingerprint density at radius 1 is 1.16 bits per heavy atom. The average molecular weight is 361 g/mol. The zero-order valence-electron chi connectivity index (χ0n) is 14.4. The summed E-state index contributed by atoms with van der Waals surface area (Å²) in [5.41, 5.74) is 2.70. The van der Waals surface area contributed by atoms with Gasteiger partial charge in [-0.25, -0.2) is 8.42 Å². The highest BCUT2D eigenvalue weighted by Gasteiger charge is 2.24. The first-order valence-corrected chi connectivity index (χ1v) is 9.09. The van der Waals surface area contributed by atoms with Crippen LogP contribution >= 0.6 is 0 Å². The lowest BCUT2D eigenvalue weighted by Gasteiger charge is -2.12.